The van der Waals surface area contributed by atoms with Crippen LogP contribution < -0.4 is 0 Å². The number of aliphatic hydroxyl groups is 1. The fourth-order valence-corrected chi connectivity index (χ4v) is 12.4. The lowest BCUT2D eigenvalue weighted by atomic mass is 9.99. The molecule has 0 aliphatic rings. The fraction of sp³-hybridized carbons (Fsp3) is 0.944. The number of phosphoric ester groups is 2. The number of hydrogen-bond acceptors (Lipinski definition) is 15. The zero-order valence-electron chi connectivity index (χ0n) is 59.3. The van der Waals surface area contributed by atoms with E-state index in [0.717, 1.165) is 114 Å². The summed E-state index contributed by atoms with van der Waals surface area (Å²) in [6, 6.07) is 0. The molecule has 91 heavy (non-hydrogen) atoms. The van der Waals surface area contributed by atoms with Crippen molar-refractivity contribution in [3.63, 3.8) is 0 Å². The summed E-state index contributed by atoms with van der Waals surface area (Å²) in [6.45, 7) is 11.8. The number of carbonyl (C=O) groups excluding carboxylic acids is 4. The van der Waals surface area contributed by atoms with E-state index in [4.69, 9.17) is 37.0 Å². The van der Waals surface area contributed by atoms with Gasteiger partial charge in [0.05, 0.1) is 26.4 Å². The Balaban J connectivity index is 5.16. The molecule has 0 aromatic rings. The molecule has 0 amide bonds. The normalized spacial score (nSPS) is 14.5. The maximum Gasteiger partial charge on any atom is 0.472 e. The average molecular weight is 1340 g/mol. The second-order valence-electron chi connectivity index (χ2n) is 27.2. The molecule has 0 saturated heterocycles. The Hall–Kier alpha value is -1.94. The number of carbonyl (C=O) groups is 4. The van der Waals surface area contributed by atoms with Crippen molar-refractivity contribution in [2.75, 3.05) is 39.6 Å². The van der Waals surface area contributed by atoms with Crippen LogP contribution in [0.25, 0.3) is 0 Å². The number of esters is 4. The number of hydrogen-bond donors (Lipinski definition) is 3. The van der Waals surface area contributed by atoms with E-state index in [1.165, 1.54) is 167 Å². The summed E-state index contributed by atoms with van der Waals surface area (Å²) in [5.74, 6) is 0.247. The molecule has 17 nitrogen and oxygen atoms in total. The third-order valence-corrected chi connectivity index (χ3v) is 18.9. The van der Waals surface area contributed by atoms with Crippen LogP contribution in [0.4, 0.5) is 0 Å². The van der Waals surface area contributed by atoms with Crippen molar-refractivity contribution in [2.24, 2.45) is 17.8 Å². The van der Waals surface area contributed by atoms with Crippen LogP contribution in [-0.2, 0) is 65.4 Å². The van der Waals surface area contributed by atoms with Crippen molar-refractivity contribution in [3.05, 3.63) is 0 Å². The first-order valence-electron chi connectivity index (χ1n) is 37.4. The predicted molar refractivity (Wildman–Crippen MR) is 368 cm³/mol. The summed E-state index contributed by atoms with van der Waals surface area (Å²) in [5, 5.41) is 10.6. The van der Waals surface area contributed by atoms with Crippen molar-refractivity contribution < 1.29 is 80.2 Å². The smallest absolute Gasteiger partial charge is 0.462 e. The molecule has 3 unspecified atom stereocenters. The Morgan fingerprint density at radius 2 is 0.560 bits per heavy atom. The van der Waals surface area contributed by atoms with E-state index in [2.05, 4.69) is 48.5 Å². The lowest BCUT2D eigenvalue weighted by Crippen LogP contribution is -2.30. The minimum absolute atomic E-state index is 0.105. The molecule has 19 heteroatoms. The summed E-state index contributed by atoms with van der Waals surface area (Å²) >= 11 is 0. The molecule has 540 valence electrons. The molecule has 0 heterocycles. The highest BCUT2D eigenvalue weighted by atomic mass is 31.2. The maximum atomic E-state index is 13.0. The van der Waals surface area contributed by atoms with E-state index in [1.807, 2.05) is 0 Å². The van der Waals surface area contributed by atoms with Crippen molar-refractivity contribution in [1.29, 1.82) is 0 Å². The summed E-state index contributed by atoms with van der Waals surface area (Å²) in [4.78, 5) is 72.4. The van der Waals surface area contributed by atoms with E-state index in [0.29, 0.717) is 25.7 Å². The van der Waals surface area contributed by atoms with Crippen molar-refractivity contribution in [1.82, 2.24) is 0 Å². The monoisotopic (exact) mass is 1340 g/mol. The average Bonchev–Trinajstić information content (AvgIpc) is 3.12. The molecular formula is C72H140O17P2. The van der Waals surface area contributed by atoms with E-state index in [9.17, 15) is 43.2 Å². The number of ether oxygens (including phenoxy) is 4. The van der Waals surface area contributed by atoms with Gasteiger partial charge in [-0.1, -0.05) is 312 Å². The van der Waals surface area contributed by atoms with Gasteiger partial charge < -0.3 is 33.8 Å². The van der Waals surface area contributed by atoms with Crippen molar-refractivity contribution in [2.45, 2.75) is 381 Å². The van der Waals surface area contributed by atoms with Crippen LogP contribution in [-0.4, -0.2) is 96.7 Å². The SMILES string of the molecule is CCCCCCCC(=O)OC[C@H](COP(=O)(O)OC[C@H](O)COP(=O)(O)OC[C@@H](COC(=O)CCCCCCCCCCCCCCC(C)C)OC(=O)CCCCCCCCCCCCCCCCC(C)C)OC(=O)CCCCCCCCCCCCC(C)CC. The first-order valence-corrected chi connectivity index (χ1v) is 40.4. The van der Waals surface area contributed by atoms with Crippen LogP contribution in [0.1, 0.15) is 363 Å². The molecular weight excluding hydrogens is 1200 g/mol. The topological polar surface area (TPSA) is 237 Å². The molecule has 3 N–H and O–H groups in total. The maximum absolute atomic E-state index is 13.0. The van der Waals surface area contributed by atoms with Crippen LogP contribution in [0.15, 0.2) is 0 Å². The van der Waals surface area contributed by atoms with Crippen LogP contribution in [0.2, 0.25) is 0 Å². The van der Waals surface area contributed by atoms with Gasteiger partial charge in [-0.2, -0.15) is 0 Å². The number of unbranched alkanes of at least 4 members (excludes halogenated alkanes) is 37. The summed E-state index contributed by atoms with van der Waals surface area (Å²) in [6.07, 6.45) is 47.5. The number of rotatable bonds is 70. The summed E-state index contributed by atoms with van der Waals surface area (Å²) in [7, 11) is -9.90. The van der Waals surface area contributed by atoms with Crippen molar-refractivity contribution >= 4 is 39.5 Å². The molecule has 0 aliphatic carbocycles. The standard InChI is InChI=1S/C72H140O17P2/c1-8-10-11-36-46-53-69(74)82-59-67(88-71(76)56-49-42-35-29-23-22-26-32-39-45-52-65(7)9-2)61-86-90(78,79)84-57-66(73)58-85-91(80,81)87-62-68(60-83-70(75)54-47-40-33-27-20-17-16-19-25-31-38-44-51-64(5)6)89-72(77)55-48-41-34-28-21-15-13-12-14-18-24-30-37-43-50-63(3)4/h63-68,73H,8-62H2,1-7H3,(H,78,79)(H,80,81)/t65?,66-,67+,68+/m0/s1. The lowest BCUT2D eigenvalue weighted by molar-refractivity contribution is -0.161. The molecule has 0 rings (SSSR count). The highest BCUT2D eigenvalue weighted by Gasteiger charge is 2.30. The highest BCUT2D eigenvalue weighted by Crippen LogP contribution is 2.45. The first kappa shape index (κ1) is 89.1. The molecule has 0 aromatic carbocycles. The molecule has 0 aromatic heterocycles. The van der Waals surface area contributed by atoms with Gasteiger partial charge in [0.2, 0.25) is 0 Å². The van der Waals surface area contributed by atoms with Gasteiger partial charge in [0.25, 0.3) is 0 Å². The molecule has 0 radical (unpaired) electrons. The van der Waals surface area contributed by atoms with Gasteiger partial charge in [-0.05, 0) is 43.4 Å². The Labute approximate surface area is 556 Å². The van der Waals surface area contributed by atoms with Gasteiger partial charge in [-0.15, -0.1) is 0 Å². The first-order chi connectivity index (χ1) is 43.8. The van der Waals surface area contributed by atoms with Crippen LogP contribution in [0, 0.1) is 17.8 Å². The van der Waals surface area contributed by atoms with Gasteiger partial charge in [-0.3, -0.25) is 37.3 Å². The van der Waals surface area contributed by atoms with E-state index in [1.54, 1.807) is 0 Å². The van der Waals surface area contributed by atoms with E-state index in [-0.39, 0.29) is 25.7 Å². The van der Waals surface area contributed by atoms with Crippen LogP contribution in [0.3, 0.4) is 0 Å². The van der Waals surface area contributed by atoms with E-state index >= 15 is 0 Å². The second-order valence-corrected chi connectivity index (χ2v) is 30.1. The van der Waals surface area contributed by atoms with Gasteiger partial charge in [0, 0.05) is 25.7 Å². The predicted octanol–water partition coefficient (Wildman–Crippen LogP) is 20.6. The van der Waals surface area contributed by atoms with Crippen LogP contribution in [0.5, 0.6) is 0 Å². The molecule has 0 fully saturated rings. The minimum atomic E-state index is -4.95. The van der Waals surface area contributed by atoms with Gasteiger partial charge in [0.15, 0.2) is 12.2 Å². The molecule has 0 aliphatic heterocycles. The Kier molecular flexibility index (Phi) is 61.5. The van der Waals surface area contributed by atoms with Crippen LogP contribution >= 0.6 is 15.6 Å². The zero-order chi connectivity index (χ0) is 67.3. The highest BCUT2D eigenvalue weighted by molar-refractivity contribution is 7.47. The Morgan fingerprint density at radius 1 is 0.319 bits per heavy atom. The summed E-state index contributed by atoms with van der Waals surface area (Å²) in [5.41, 5.74) is 0. The zero-order valence-corrected chi connectivity index (χ0v) is 61.1. The number of phosphoric acid groups is 2. The Bertz CT molecular complexity index is 1790. The molecule has 0 saturated carbocycles. The van der Waals surface area contributed by atoms with Gasteiger partial charge in [-0.25, -0.2) is 9.13 Å². The molecule has 0 spiro atoms. The fourth-order valence-electron chi connectivity index (χ4n) is 10.9. The third-order valence-electron chi connectivity index (χ3n) is 17.0. The largest absolute Gasteiger partial charge is 0.472 e. The minimum Gasteiger partial charge on any atom is -0.462 e. The quantitative estimate of drug-likeness (QED) is 0.0222. The van der Waals surface area contributed by atoms with Crippen molar-refractivity contribution in [3.8, 4) is 0 Å². The molecule has 0 bridgehead atoms. The third kappa shape index (κ3) is 65.1. The summed E-state index contributed by atoms with van der Waals surface area (Å²) < 4.78 is 68.2. The van der Waals surface area contributed by atoms with E-state index < -0.39 is 97.5 Å². The lowest BCUT2D eigenvalue weighted by Gasteiger charge is -2.21. The molecule has 6 atom stereocenters. The second kappa shape index (κ2) is 62.8. The Morgan fingerprint density at radius 3 is 0.835 bits per heavy atom. The van der Waals surface area contributed by atoms with Gasteiger partial charge in [0.1, 0.15) is 19.3 Å². The number of aliphatic hydroxyl groups excluding tert-OH is 1. The van der Waals surface area contributed by atoms with Gasteiger partial charge >= 0.3 is 39.5 Å².